The van der Waals surface area contributed by atoms with Crippen LogP contribution in [0.4, 0.5) is 0 Å². The number of amides is 1. The molecule has 106 valence electrons. The fourth-order valence-electron chi connectivity index (χ4n) is 2.81. The minimum absolute atomic E-state index is 0.0943. The highest BCUT2D eigenvalue weighted by molar-refractivity contribution is 5.85. The summed E-state index contributed by atoms with van der Waals surface area (Å²) in [6, 6.07) is 0. The maximum atomic E-state index is 12.5. The topological polar surface area (TPSA) is 58.4 Å². The second kappa shape index (κ2) is 5.78. The van der Waals surface area contributed by atoms with Crippen LogP contribution in [0.2, 0.25) is 0 Å². The van der Waals surface area contributed by atoms with E-state index in [0.29, 0.717) is 11.8 Å². The van der Waals surface area contributed by atoms with Crippen LogP contribution in [0, 0.1) is 11.3 Å². The first-order chi connectivity index (χ1) is 9.05. The van der Waals surface area contributed by atoms with Crippen LogP contribution in [0.3, 0.4) is 0 Å². The van der Waals surface area contributed by atoms with Gasteiger partial charge in [-0.25, -0.2) is 0 Å². The molecule has 4 nitrogen and oxygen atoms in total. The molecule has 2 aliphatic rings. The van der Waals surface area contributed by atoms with Crippen LogP contribution in [0.1, 0.15) is 33.1 Å². The van der Waals surface area contributed by atoms with E-state index in [9.17, 15) is 4.79 Å². The van der Waals surface area contributed by atoms with Crippen LogP contribution in [-0.4, -0.2) is 30.4 Å². The molecule has 2 saturated heterocycles. The molecular weight excluding hydrogens is 238 g/mol. The molecule has 2 heterocycles. The van der Waals surface area contributed by atoms with Gasteiger partial charge in [0.2, 0.25) is 5.91 Å². The van der Waals surface area contributed by atoms with Gasteiger partial charge in [-0.15, -0.1) is 0 Å². The lowest BCUT2D eigenvalue weighted by Crippen LogP contribution is -2.41. The second-order valence-corrected chi connectivity index (χ2v) is 5.94. The van der Waals surface area contributed by atoms with Crippen LogP contribution < -0.4 is 11.1 Å². The predicted molar refractivity (Wildman–Crippen MR) is 77.1 cm³/mol. The lowest BCUT2D eigenvalue weighted by atomic mass is 9.78. The Labute approximate surface area is 115 Å². The van der Waals surface area contributed by atoms with Crippen molar-refractivity contribution in [2.45, 2.75) is 33.1 Å². The van der Waals surface area contributed by atoms with Crippen LogP contribution >= 0.6 is 0 Å². The summed E-state index contributed by atoms with van der Waals surface area (Å²) in [5, 5.41) is 3.33. The van der Waals surface area contributed by atoms with Crippen molar-refractivity contribution in [2.24, 2.45) is 17.1 Å². The van der Waals surface area contributed by atoms with Crippen LogP contribution in [0.15, 0.2) is 24.0 Å². The van der Waals surface area contributed by atoms with Crippen molar-refractivity contribution in [1.29, 1.82) is 0 Å². The van der Waals surface area contributed by atoms with Gasteiger partial charge in [-0.05, 0) is 50.4 Å². The summed E-state index contributed by atoms with van der Waals surface area (Å²) in [7, 11) is 0. The fourth-order valence-corrected chi connectivity index (χ4v) is 2.81. The van der Waals surface area contributed by atoms with Crippen LogP contribution in [0.5, 0.6) is 0 Å². The molecule has 0 aromatic carbocycles. The molecule has 4 heteroatoms. The second-order valence-electron chi connectivity index (χ2n) is 5.94. The monoisotopic (exact) mass is 263 g/mol. The number of nitrogens with zero attached hydrogens (tertiary/aromatic N) is 1. The van der Waals surface area contributed by atoms with Gasteiger partial charge in [0.05, 0.1) is 5.41 Å². The third-order valence-electron chi connectivity index (χ3n) is 4.33. The summed E-state index contributed by atoms with van der Waals surface area (Å²) in [5.74, 6) is 0.636. The van der Waals surface area contributed by atoms with Crippen LogP contribution in [0.25, 0.3) is 0 Å². The summed E-state index contributed by atoms with van der Waals surface area (Å²) in [6.45, 7) is 6.88. The molecule has 0 aliphatic carbocycles. The number of likely N-dealkylation sites (tertiary alicyclic amines) is 1. The van der Waals surface area contributed by atoms with E-state index in [1.165, 1.54) is 0 Å². The highest BCUT2D eigenvalue weighted by Crippen LogP contribution is 2.39. The average molecular weight is 263 g/mol. The number of nitrogens with two attached hydrogens (primary N) is 1. The Morgan fingerprint density at radius 2 is 2.05 bits per heavy atom. The number of rotatable bonds is 3. The first kappa shape index (κ1) is 14.1. The Hall–Kier alpha value is -1.29. The molecule has 2 rings (SSSR count). The van der Waals surface area contributed by atoms with E-state index in [4.69, 9.17) is 5.73 Å². The van der Waals surface area contributed by atoms with Gasteiger partial charge in [-0.3, -0.25) is 4.79 Å². The fraction of sp³-hybridized carbons (Fsp3) is 0.667. The molecule has 0 unspecified atom stereocenters. The molecule has 0 bridgehead atoms. The van der Waals surface area contributed by atoms with E-state index in [0.717, 1.165) is 44.6 Å². The highest BCUT2D eigenvalue weighted by atomic mass is 16.2. The summed E-state index contributed by atoms with van der Waals surface area (Å²) >= 11 is 0. The van der Waals surface area contributed by atoms with E-state index in [-0.39, 0.29) is 5.41 Å². The van der Waals surface area contributed by atoms with Crippen molar-refractivity contribution in [1.82, 2.24) is 10.2 Å². The molecule has 2 aliphatic heterocycles. The first-order valence-corrected chi connectivity index (χ1v) is 7.21. The van der Waals surface area contributed by atoms with E-state index in [1.807, 2.05) is 23.3 Å². The van der Waals surface area contributed by atoms with Crippen molar-refractivity contribution in [3.05, 3.63) is 24.0 Å². The number of carbonyl (C=O) groups excluding carboxylic acids is 1. The van der Waals surface area contributed by atoms with Gasteiger partial charge in [0, 0.05) is 18.4 Å². The number of hydrogen-bond acceptors (Lipinski definition) is 3. The quantitative estimate of drug-likeness (QED) is 0.760. The van der Waals surface area contributed by atoms with Gasteiger partial charge in [0.15, 0.2) is 0 Å². The van der Waals surface area contributed by atoms with Crippen molar-refractivity contribution < 1.29 is 4.79 Å². The number of allylic oxidation sites excluding steroid dienone is 3. The SMILES string of the molecule is CC(C)/C(N)=C/C=C/N1CCC2(CCNCC2)C1=O. The molecule has 1 spiro atoms. The van der Waals surface area contributed by atoms with Gasteiger partial charge >= 0.3 is 0 Å². The lowest BCUT2D eigenvalue weighted by Gasteiger charge is -2.31. The van der Waals surface area contributed by atoms with Crippen molar-refractivity contribution in [3.8, 4) is 0 Å². The third kappa shape index (κ3) is 3.00. The van der Waals surface area contributed by atoms with E-state index >= 15 is 0 Å². The molecule has 1 amide bonds. The molecular formula is C15H25N3O. The highest BCUT2D eigenvalue weighted by Gasteiger charge is 2.46. The Bertz CT molecular complexity index is 392. The molecule has 0 radical (unpaired) electrons. The number of carbonyl (C=O) groups is 1. The van der Waals surface area contributed by atoms with Gasteiger partial charge < -0.3 is 16.0 Å². The minimum atomic E-state index is -0.0943. The van der Waals surface area contributed by atoms with E-state index in [2.05, 4.69) is 19.2 Å². The number of hydrogen-bond donors (Lipinski definition) is 2. The van der Waals surface area contributed by atoms with Crippen molar-refractivity contribution in [2.75, 3.05) is 19.6 Å². The average Bonchev–Trinajstić information content (AvgIpc) is 2.69. The van der Waals surface area contributed by atoms with Gasteiger partial charge in [-0.2, -0.15) is 0 Å². The molecule has 0 aromatic rings. The van der Waals surface area contributed by atoms with Gasteiger partial charge in [0.25, 0.3) is 0 Å². The summed E-state index contributed by atoms with van der Waals surface area (Å²) < 4.78 is 0. The normalized spacial score (nSPS) is 24.1. The zero-order valence-corrected chi connectivity index (χ0v) is 12.0. The van der Waals surface area contributed by atoms with Gasteiger partial charge in [0.1, 0.15) is 0 Å². The molecule has 3 N–H and O–H groups in total. The zero-order chi connectivity index (χ0) is 13.9. The van der Waals surface area contributed by atoms with E-state index in [1.54, 1.807) is 0 Å². The smallest absolute Gasteiger partial charge is 0.232 e. The first-order valence-electron chi connectivity index (χ1n) is 7.21. The molecule has 0 saturated carbocycles. The lowest BCUT2D eigenvalue weighted by molar-refractivity contribution is -0.135. The largest absolute Gasteiger partial charge is 0.402 e. The number of piperidine rings is 1. The Morgan fingerprint density at radius 3 is 2.68 bits per heavy atom. The van der Waals surface area contributed by atoms with Gasteiger partial charge in [-0.1, -0.05) is 13.8 Å². The van der Waals surface area contributed by atoms with Crippen LogP contribution in [-0.2, 0) is 4.79 Å². The standard InChI is InChI=1S/C15H25N3O/c1-12(2)13(16)4-3-10-18-11-7-15(14(18)19)5-8-17-9-6-15/h3-4,10,12,17H,5-9,11,16H2,1-2H3/b10-3+,13-4-. The molecule has 0 atom stereocenters. The van der Waals surface area contributed by atoms with Crippen molar-refractivity contribution in [3.63, 3.8) is 0 Å². The zero-order valence-electron chi connectivity index (χ0n) is 12.0. The van der Waals surface area contributed by atoms with Crippen molar-refractivity contribution >= 4 is 5.91 Å². The maximum Gasteiger partial charge on any atom is 0.232 e. The Kier molecular flexibility index (Phi) is 4.30. The molecule has 19 heavy (non-hydrogen) atoms. The predicted octanol–water partition coefficient (Wildman–Crippen LogP) is 1.60. The third-order valence-corrected chi connectivity index (χ3v) is 4.33. The Balaban J connectivity index is 1.98. The van der Waals surface area contributed by atoms with E-state index < -0.39 is 0 Å². The minimum Gasteiger partial charge on any atom is -0.402 e. The summed E-state index contributed by atoms with van der Waals surface area (Å²) in [6.07, 6.45) is 8.61. The summed E-state index contributed by atoms with van der Waals surface area (Å²) in [5.41, 5.74) is 6.62. The molecule has 0 aromatic heterocycles. The Morgan fingerprint density at radius 1 is 1.37 bits per heavy atom. The molecule has 2 fully saturated rings. The number of nitrogens with one attached hydrogen (secondary N) is 1. The maximum absolute atomic E-state index is 12.5. The summed E-state index contributed by atoms with van der Waals surface area (Å²) in [4.78, 5) is 14.3.